The molecule has 2 rings (SSSR count). The fraction of sp³-hybridized carbons (Fsp3) is 0.562. The number of likely N-dealkylation sites (tertiary alicyclic amines) is 1. The van der Waals surface area contributed by atoms with Crippen molar-refractivity contribution in [3.63, 3.8) is 0 Å². The molecule has 1 saturated heterocycles. The van der Waals surface area contributed by atoms with Gasteiger partial charge < -0.3 is 4.74 Å². The highest BCUT2D eigenvalue weighted by Crippen LogP contribution is 2.29. The molecule has 0 spiro atoms. The van der Waals surface area contributed by atoms with Gasteiger partial charge in [-0.2, -0.15) is 0 Å². The molecule has 0 N–H and O–H groups in total. The lowest BCUT2D eigenvalue weighted by Crippen LogP contribution is -2.48. The van der Waals surface area contributed by atoms with Crippen LogP contribution in [0.15, 0.2) is 24.3 Å². The third-order valence-corrected chi connectivity index (χ3v) is 3.88. The molecule has 3 nitrogen and oxygen atoms in total. The quantitative estimate of drug-likeness (QED) is 0.763. The van der Waals surface area contributed by atoms with E-state index >= 15 is 0 Å². The van der Waals surface area contributed by atoms with Gasteiger partial charge in [0.1, 0.15) is 5.75 Å². The third-order valence-electron chi connectivity index (χ3n) is 3.88. The largest absolute Gasteiger partial charge is 0.493 e. The van der Waals surface area contributed by atoms with Crippen molar-refractivity contribution < 1.29 is 9.53 Å². The molecule has 1 aliphatic heterocycles. The Kier molecular flexibility index (Phi) is 4.25. The van der Waals surface area contributed by atoms with E-state index in [-0.39, 0.29) is 5.78 Å². The van der Waals surface area contributed by atoms with E-state index in [2.05, 4.69) is 4.90 Å². The molecular weight excluding hydrogens is 238 g/mol. The summed E-state index contributed by atoms with van der Waals surface area (Å²) < 4.78 is 5.58. The molecule has 0 atom stereocenters. The molecule has 0 saturated carbocycles. The summed E-state index contributed by atoms with van der Waals surface area (Å²) in [7, 11) is 0. The van der Waals surface area contributed by atoms with Crippen LogP contribution in [0.5, 0.6) is 5.75 Å². The number of nitrogens with zero attached hydrogens (tertiary/aromatic N) is 1. The summed E-state index contributed by atoms with van der Waals surface area (Å²) in [5, 5.41) is 0. The zero-order valence-corrected chi connectivity index (χ0v) is 12.1. The van der Waals surface area contributed by atoms with E-state index in [1.54, 1.807) is 0 Å². The van der Waals surface area contributed by atoms with Crippen LogP contribution < -0.4 is 4.74 Å². The standard InChI is InChI=1S/C16H23NO2/c1-4-19-14-10-6-5-9-13(14)15(18)16(2,3)17-11-7-8-12-17/h5-6,9-10H,4,7-8,11-12H2,1-3H3. The Morgan fingerprint density at radius 1 is 1.26 bits per heavy atom. The Labute approximate surface area is 115 Å². The van der Waals surface area contributed by atoms with Crippen molar-refractivity contribution in [2.75, 3.05) is 19.7 Å². The number of rotatable bonds is 5. The van der Waals surface area contributed by atoms with Crippen LogP contribution in [0.25, 0.3) is 0 Å². The molecule has 0 bridgehead atoms. The molecule has 3 heteroatoms. The minimum absolute atomic E-state index is 0.151. The van der Waals surface area contributed by atoms with Crippen LogP contribution in [0.3, 0.4) is 0 Å². The summed E-state index contributed by atoms with van der Waals surface area (Å²) in [6.45, 7) is 8.57. The first-order chi connectivity index (χ1) is 9.07. The van der Waals surface area contributed by atoms with Crippen molar-refractivity contribution in [1.29, 1.82) is 0 Å². The monoisotopic (exact) mass is 261 g/mol. The second kappa shape index (κ2) is 5.74. The maximum atomic E-state index is 12.8. The van der Waals surface area contributed by atoms with Gasteiger partial charge in [0, 0.05) is 0 Å². The van der Waals surface area contributed by atoms with E-state index in [1.807, 2.05) is 45.0 Å². The predicted octanol–water partition coefficient (Wildman–Crippen LogP) is 3.14. The molecule has 1 heterocycles. The zero-order valence-electron chi connectivity index (χ0n) is 12.1. The fourth-order valence-corrected chi connectivity index (χ4v) is 2.68. The normalized spacial score (nSPS) is 16.6. The summed E-state index contributed by atoms with van der Waals surface area (Å²) in [6, 6.07) is 7.54. The van der Waals surface area contributed by atoms with Crippen LogP contribution in [0.4, 0.5) is 0 Å². The Morgan fingerprint density at radius 2 is 1.89 bits per heavy atom. The number of para-hydroxylation sites is 1. The van der Waals surface area contributed by atoms with E-state index in [1.165, 1.54) is 12.8 Å². The molecule has 1 fully saturated rings. The number of carbonyl (C=O) groups is 1. The maximum Gasteiger partial charge on any atom is 0.186 e. The number of carbonyl (C=O) groups excluding carboxylic acids is 1. The van der Waals surface area contributed by atoms with Crippen LogP contribution in [0.2, 0.25) is 0 Å². The fourth-order valence-electron chi connectivity index (χ4n) is 2.68. The van der Waals surface area contributed by atoms with Gasteiger partial charge in [0.2, 0.25) is 0 Å². The molecule has 1 aromatic rings. The molecule has 19 heavy (non-hydrogen) atoms. The molecule has 0 aliphatic carbocycles. The number of hydrogen-bond donors (Lipinski definition) is 0. The third kappa shape index (κ3) is 2.81. The van der Waals surface area contributed by atoms with Gasteiger partial charge in [0.25, 0.3) is 0 Å². The number of ketones is 1. The Bertz CT molecular complexity index is 448. The minimum Gasteiger partial charge on any atom is -0.493 e. The predicted molar refractivity (Wildman–Crippen MR) is 76.8 cm³/mol. The number of hydrogen-bond acceptors (Lipinski definition) is 3. The highest BCUT2D eigenvalue weighted by Gasteiger charge is 2.37. The number of ether oxygens (including phenoxy) is 1. The second-order valence-electron chi connectivity index (χ2n) is 5.51. The van der Waals surface area contributed by atoms with Crippen molar-refractivity contribution in [2.24, 2.45) is 0 Å². The van der Waals surface area contributed by atoms with E-state index in [9.17, 15) is 4.79 Å². The van der Waals surface area contributed by atoms with Crippen molar-refractivity contribution in [3.05, 3.63) is 29.8 Å². The summed E-state index contributed by atoms with van der Waals surface area (Å²) in [5.41, 5.74) is 0.241. The van der Waals surface area contributed by atoms with Gasteiger partial charge in [0.15, 0.2) is 5.78 Å². The summed E-state index contributed by atoms with van der Waals surface area (Å²) in [5.74, 6) is 0.848. The molecule has 0 amide bonds. The molecule has 104 valence electrons. The van der Waals surface area contributed by atoms with Crippen LogP contribution in [0.1, 0.15) is 44.0 Å². The molecule has 1 aromatic carbocycles. The van der Waals surface area contributed by atoms with Gasteiger partial charge in [-0.15, -0.1) is 0 Å². The minimum atomic E-state index is -0.455. The first-order valence-electron chi connectivity index (χ1n) is 7.09. The van der Waals surface area contributed by atoms with E-state index in [0.29, 0.717) is 17.9 Å². The molecule has 0 radical (unpaired) electrons. The SMILES string of the molecule is CCOc1ccccc1C(=O)C(C)(C)N1CCCC1. The molecular formula is C16H23NO2. The van der Waals surface area contributed by atoms with E-state index in [0.717, 1.165) is 13.1 Å². The lowest BCUT2D eigenvalue weighted by molar-refractivity contribution is 0.0698. The lowest BCUT2D eigenvalue weighted by atomic mass is 9.91. The van der Waals surface area contributed by atoms with Gasteiger partial charge in [-0.25, -0.2) is 0 Å². The Hall–Kier alpha value is -1.35. The Balaban J connectivity index is 2.27. The molecule has 0 unspecified atom stereocenters. The van der Waals surface area contributed by atoms with Crippen molar-refractivity contribution in [2.45, 2.75) is 39.2 Å². The summed E-state index contributed by atoms with van der Waals surface area (Å²) in [4.78, 5) is 15.1. The van der Waals surface area contributed by atoms with Crippen LogP contribution in [-0.4, -0.2) is 35.9 Å². The highest BCUT2D eigenvalue weighted by atomic mass is 16.5. The zero-order chi connectivity index (χ0) is 13.9. The van der Waals surface area contributed by atoms with E-state index in [4.69, 9.17) is 4.74 Å². The Morgan fingerprint density at radius 3 is 2.53 bits per heavy atom. The molecule has 1 aliphatic rings. The van der Waals surface area contributed by atoms with Gasteiger partial charge in [-0.3, -0.25) is 9.69 Å². The summed E-state index contributed by atoms with van der Waals surface area (Å²) >= 11 is 0. The highest BCUT2D eigenvalue weighted by molar-refractivity contribution is 6.04. The van der Waals surface area contributed by atoms with Crippen molar-refractivity contribution >= 4 is 5.78 Å². The van der Waals surface area contributed by atoms with Gasteiger partial charge in [-0.1, -0.05) is 12.1 Å². The number of Topliss-reactive ketones (excluding diaryl/α,β-unsaturated/α-hetero) is 1. The lowest BCUT2D eigenvalue weighted by Gasteiger charge is -2.34. The second-order valence-corrected chi connectivity index (χ2v) is 5.51. The summed E-state index contributed by atoms with van der Waals surface area (Å²) in [6.07, 6.45) is 2.37. The van der Waals surface area contributed by atoms with Crippen LogP contribution in [0, 0.1) is 0 Å². The molecule has 0 aromatic heterocycles. The average Bonchev–Trinajstić information content (AvgIpc) is 2.93. The number of benzene rings is 1. The average molecular weight is 261 g/mol. The van der Waals surface area contributed by atoms with Crippen LogP contribution >= 0.6 is 0 Å². The first kappa shape index (κ1) is 14.1. The maximum absolute atomic E-state index is 12.8. The van der Waals surface area contributed by atoms with Crippen molar-refractivity contribution in [1.82, 2.24) is 4.90 Å². The topological polar surface area (TPSA) is 29.5 Å². The smallest absolute Gasteiger partial charge is 0.186 e. The first-order valence-corrected chi connectivity index (χ1v) is 7.09. The van der Waals surface area contributed by atoms with Crippen LogP contribution in [-0.2, 0) is 0 Å². The van der Waals surface area contributed by atoms with Gasteiger partial charge in [-0.05, 0) is 58.8 Å². The van der Waals surface area contributed by atoms with Crippen molar-refractivity contribution in [3.8, 4) is 5.75 Å². The van der Waals surface area contributed by atoms with Gasteiger partial charge >= 0.3 is 0 Å². The van der Waals surface area contributed by atoms with Gasteiger partial charge in [0.05, 0.1) is 17.7 Å². The van der Waals surface area contributed by atoms with E-state index < -0.39 is 5.54 Å².